The molecule has 0 aromatic rings. The van der Waals surface area contributed by atoms with Crippen LogP contribution in [0.3, 0.4) is 0 Å². The Morgan fingerprint density at radius 2 is 2.00 bits per heavy atom. The second-order valence-corrected chi connectivity index (χ2v) is 5.14. The van der Waals surface area contributed by atoms with E-state index in [0.29, 0.717) is 17.6 Å². The lowest BCUT2D eigenvalue weighted by Crippen LogP contribution is -2.45. The third kappa shape index (κ3) is 1.76. The molecule has 2 rings (SSSR count). The number of nitrogens with zero attached hydrogens (tertiary/aromatic N) is 1. The van der Waals surface area contributed by atoms with Crippen LogP contribution < -0.4 is 0 Å². The number of morpholine rings is 1. The molecule has 0 radical (unpaired) electrons. The highest BCUT2D eigenvalue weighted by atomic mass is 33.1. The highest BCUT2D eigenvalue weighted by molar-refractivity contribution is 8.68. The van der Waals surface area contributed by atoms with Crippen molar-refractivity contribution < 1.29 is 4.74 Å². The van der Waals surface area contributed by atoms with Gasteiger partial charge in [0.2, 0.25) is 0 Å². The molecule has 0 aliphatic carbocycles. The standard InChI is InChI=1S/C8H15NOS2/c1-6(12-11)9-4-7-2-3-8(5-9)10-7/h6-8,11H,2-5H2,1H3. The third-order valence-electron chi connectivity index (χ3n) is 2.74. The normalized spacial score (nSPS) is 38.5. The fourth-order valence-corrected chi connectivity index (χ4v) is 2.72. The van der Waals surface area contributed by atoms with Crippen molar-refractivity contribution in [2.75, 3.05) is 13.1 Å². The first-order valence-electron chi connectivity index (χ1n) is 4.49. The van der Waals surface area contributed by atoms with E-state index in [4.69, 9.17) is 4.74 Å². The van der Waals surface area contributed by atoms with Gasteiger partial charge in [-0.15, -0.1) is 11.7 Å². The summed E-state index contributed by atoms with van der Waals surface area (Å²) in [6, 6.07) is 0. The fourth-order valence-electron chi connectivity index (χ4n) is 2.01. The highest BCUT2D eigenvalue weighted by Crippen LogP contribution is 2.30. The minimum absolute atomic E-state index is 0.506. The zero-order valence-corrected chi connectivity index (χ0v) is 8.98. The van der Waals surface area contributed by atoms with E-state index in [1.54, 1.807) is 10.8 Å². The van der Waals surface area contributed by atoms with Gasteiger partial charge in [0.15, 0.2) is 0 Å². The first-order chi connectivity index (χ1) is 5.79. The summed E-state index contributed by atoms with van der Waals surface area (Å²) in [5.41, 5.74) is 0. The summed E-state index contributed by atoms with van der Waals surface area (Å²) in [4.78, 5) is 2.48. The van der Waals surface area contributed by atoms with E-state index in [1.165, 1.54) is 12.8 Å². The lowest BCUT2D eigenvalue weighted by atomic mass is 10.2. The van der Waals surface area contributed by atoms with Crippen LogP contribution in [-0.2, 0) is 4.74 Å². The maximum atomic E-state index is 5.75. The zero-order chi connectivity index (χ0) is 8.55. The molecular weight excluding hydrogens is 190 g/mol. The molecule has 0 aromatic carbocycles. The number of hydrogen-bond donors (Lipinski definition) is 1. The van der Waals surface area contributed by atoms with Crippen LogP contribution >= 0.6 is 22.5 Å². The van der Waals surface area contributed by atoms with E-state index in [-0.39, 0.29) is 0 Å². The molecular formula is C8H15NOS2. The van der Waals surface area contributed by atoms with Gasteiger partial charge in [-0.3, -0.25) is 4.90 Å². The molecule has 0 saturated carbocycles. The fraction of sp³-hybridized carbons (Fsp3) is 1.00. The van der Waals surface area contributed by atoms with Crippen LogP contribution in [-0.4, -0.2) is 35.6 Å². The minimum atomic E-state index is 0.506. The Kier molecular flexibility index (Phi) is 2.89. The van der Waals surface area contributed by atoms with Gasteiger partial charge in [-0.1, -0.05) is 10.8 Å². The molecule has 2 heterocycles. The van der Waals surface area contributed by atoms with E-state index < -0.39 is 0 Å². The van der Waals surface area contributed by atoms with Crippen molar-refractivity contribution in [3.05, 3.63) is 0 Å². The maximum Gasteiger partial charge on any atom is 0.0707 e. The van der Waals surface area contributed by atoms with Crippen LogP contribution in [0.5, 0.6) is 0 Å². The molecule has 2 aliphatic rings. The number of hydrogen-bond acceptors (Lipinski definition) is 4. The third-order valence-corrected chi connectivity index (χ3v) is 4.26. The van der Waals surface area contributed by atoms with Gasteiger partial charge in [0.25, 0.3) is 0 Å². The lowest BCUT2D eigenvalue weighted by Gasteiger charge is -2.35. The molecule has 0 amide bonds. The molecule has 3 atom stereocenters. The number of thiol groups is 1. The topological polar surface area (TPSA) is 12.5 Å². The minimum Gasteiger partial charge on any atom is -0.372 e. The molecule has 2 fully saturated rings. The van der Waals surface area contributed by atoms with E-state index in [2.05, 4.69) is 23.5 Å². The van der Waals surface area contributed by atoms with Crippen molar-refractivity contribution >= 4 is 22.5 Å². The monoisotopic (exact) mass is 205 g/mol. The van der Waals surface area contributed by atoms with Crippen LogP contribution in [0.15, 0.2) is 0 Å². The van der Waals surface area contributed by atoms with Gasteiger partial charge in [-0.2, -0.15) is 0 Å². The van der Waals surface area contributed by atoms with E-state index in [0.717, 1.165) is 13.1 Å². The molecule has 0 spiro atoms. The Morgan fingerprint density at radius 3 is 2.50 bits per heavy atom. The maximum absolute atomic E-state index is 5.75. The van der Waals surface area contributed by atoms with Crippen LogP contribution in [0.25, 0.3) is 0 Å². The quantitative estimate of drug-likeness (QED) is 0.545. The molecule has 0 N–H and O–H groups in total. The summed E-state index contributed by atoms with van der Waals surface area (Å²) >= 11 is 4.24. The summed E-state index contributed by atoms with van der Waals surface area (Å²) in [5.74, 6) is 0. The van der Waals surface area contributed by atoms with Gasteiger partial charge >= 0.3 is 0 Å². The first kappa shape index (κ1) is 9.19. The van der Waals surface area contributed by atoms with Crippen molar-refractivity contribution in [3.63, 3.8) is 0 Å². The second-order valence-electron chi connectivity index (χ2n) is 3.62. The Labute approximate surface area is 82.8 Å². The van der Waals surface area contributed by atoms with Gasteiger partial charge < -0.3 is 4.74 Å². The Bertz CT molecular complexity index is 155. The summed E-state index contributed by atoms with van der Waals surface area (Å²) in [7, 11) is 1.63. The average Bonchev–Trinajstić information content (AvgIpc) is 2.44. The summed E-state index contributed by atoms with van der Waals surface area (Å²) < 4.78 is 5.75. The zero-order valence-electron chi connectivity index (χ0n) is 7.27. The average molecular weight is 205 g/mol. The number of rotatable bonds is 2. The molecule has 3 unspecified atom stereocenters. The first-order valence-corrected chi connectivity index (χ1v) is 6.42. The van der Waals surface area contributed by atoms with Crippen molar-refractivity contribution in [1.29, 1.82) is 0 Å². The molecule has 2 nitrogen and oxygen atoms in total. The van der Waals surface area contributed by atoms with Gasteiger partial charge in [0.1, 0.15) is 0 Å². The van der Waals surface area contributed by atoms with E-state index in [9.17, 15) is 0 Å². The summed E-state index contributed by atoms with van der Waals surface area (Å²) in [5, 5.41) is 0.528. The van der Waals surface area contributed by atoms with Gasteiger partial charge in [0, 0.05) is 13.1 Å². The van der Waals surface area contributed by atoms with E-state index >= 15 is 0 Å². The molecule has 70 valence electrons. The summed E-state index contributed by atoms with van der Waals surface area (Å²) in [6.07, 6.45) is 3.52. The number of ether oxygens (including phenoxy) is 1. The largest absolute Gasteiger partial charge is 0.372 e. The molecule has 12 heavy (non-hydrogen) atoms. The van der Waals surface area contributed by atoms with Crippen LogP contribution in [0, 0.1) is 0 Å². The van der Waals surface area contributed by atoms with E-state index in [1.807, 2.05) is 0 Å². The lowest BCUT2D eigenvalue weighted by molar-refractivity contribution is -0.0401. The predicted octanol–water partition coefficient (Wildman–Crippen LogP) is 1.77. The SMILES string of the molecule is CC(SS)N1CC2CCC(C1)O2. The summed E-state index contributed by atoms with van der Waals surface area (Å²) in [6.45, 7) is 4.42. The van der Waals surface area contributed by atoms with Crippen molar-refractivity contribution in [1.82, 2.24) is 4.90 Å². The van der Waals surface area contributed by atoms with Gasteiger partial charge in [-0.25, -0.2) is 0 Å². The molecule has 2 bridgehead atoms. The van der Waals surface area contributed by atoms with Gasteiger partial charge in [-0.05, 0) is 19.8 Å². The molecule has 2 aliphatic heterocycles. The second kappa shape index (κ2) is 3.78. The smallest absolute Gasteiger partial charge is 0.0707 e. The molecule has 2 saturated heterocycles. The Balaban J connectivity index is 1.93. The van der Waals surface area contributed by atoms with Crippen LogP contribution in [0.2, 0.25) is 0 Å². The predicted molar refractivity (Wildman–Crippen MR) is 55.5 cm³/mol. The van der Waals surface area contributed by atoms with Crippen molar-refractivity contribution in [2.45, 2.75) is 37.3 Å². The van der Waals surface area contributed by atoms with Crippen LogP contribution in [0.1, 0.15) is 19.8 Å². The van der Waals surface area contributed by atoms with Crippen molar-refractivity contribution in [3.8, 4) is 0 Å². The Morgan fingerprint density at radius 1 is 1.42 bits per heavy atom. The number of likely N-dealkylation sites (tertiary alicyclic amines) is 1. The number of fused-ring (bicyclic) bond motifs is 2. The van der Waals surface area contributed by atoms with Crippen LogP contribution in [0.4, 0.5) is 0 Å². The molecule has 4 heteroatoms. The highest BCUT2D eigenvalue weighted by Gasteiger charge is 2.35. The van der Waals surface area contributed by atoms with Crippen molar-refractivity contribution in [2.24, 2.45) is 0 Å². The van der Waals surface area contributed by atoms with Gasteiger partial charge in [0.05, 0.1) is 17.6 Å². The Hall–Kier alpha value is 0.620. The molecule has 0 aromatic heterocycles.